The second-order valence-electron chi connectivity index (χ2n) is 5.30. The van der Waals surface area contributed by atoms with Crippen molar-refractivity contribution >= 4 is 15.9 Å². The van der Waals surface area contributed by atoms with Crippen LogP contribution >= 0.6 is 15.9 Å². The van der Waals surface area contributed by atoms with E-state index >= 15 is 0 Å². The summed E-state index contributed by atoms with van der Waals surface area (Å²) in [6, 6.07) is 8.17. The van der Waals surface area contributed by atoms with E-state index < -0.39 is 0 Å². The smallest absolute Gasteiger partial charge is 0.132 e. The zero-order valence-corrected chi connectivity index (χ0v) is 13.5. The third-order valence-corrected chi connectivity index (χ3v) is 3.72. The highest BCUT2D eigenvalue weighted by Gasteiger charge is 2.03. The Morgan fingerprint density at radius 2 is 1.85 bits per heavy atom. The maximum absolute atomic E-state index is 4.44. The minimum Gasteiger partial charge on any atom is -0.312 e. The number of aromatic nitrogens is 2. The molecule has 20 heavy (non-hydrogen) atoms. The maximum atomic E-state index is 4.44. The topological polar surface area (TPSA) is 37.8 Å². The molecule has 0 saturated carbocycles. The largest absolute Gasteiger partial charge is 0.312 e. The van der Waals surface area contributed by atoms with Crippen molar-refractivity contribution in [1.82, 2.24) is 15.3 Å². The highest BCUT2D eigenvalue weighted by atomic mass is 79.9. The van der Waals surface area contributed by atoms with Gasteiger partial charge in [-0.25, -0.2) is 9.97 Å². The van der Waals surface area contributed by atoms with Crippen molar-refractivity contribution in [2.45, 2.75) is 26.8 Å². The molecule has 0 aliphatic heterocycles. The predicted octanol–water partition coefficient (Wildman–Crippen LogP) is 3.58. The summed E-state index contributed by atoms with van der Waals surface area (Å²) in [6.07, 6.45) is 4.57. The van der Waals surface area contributed by atoms with E-state index in [1.807, 2.05) is 30.6 Å². The van der Waals surface area contributed by atoms with Gasteiger partial charge in [0.15, 0.2) is 0 Å². The minimum absolute atomic E-state index is 0.658. The number of halogens is 1. The van der Waals surface area contributed by atoms with Crippen LogP contribution in [-0.4, -0.2) is 16.5 Å². The lowest BCUT2D eigenvalue weighted by atomic mass is 10.1. The Hall–Kier alpha value is -1.26. The van der Waals surface area contributed by atoms with Crippen LogP contribution in [0, 0.1) is 5.92 Å². The maximum Gasteiger partial charge on any atom is 0.132 e. The van der Waals surface area contributed by atoms with E-state index in [1.54, 1.807) is 0 Å². The Morgan fingerprint density at radius 3 is 2.50 bits per heavy atom. The molecule has 1 aromatic carbocycles. The quantitative estimate of drug-likeness (QED) is 0.877. The molecule has 0 atom stereocenters. The monoisotopic (exact) mass is 333 g/mol. The number of nitrogens with one attached hydrogen (secondary N) is 1. The molecule has 0 spiro atoms. The molecule has 2 rings (SSSR count). The molecule has 0 amide bonds. The molecule has 0 unspecified atom stereocenters. The van der Waals surface area contributed by atoms with Gasteiger partial charge in [0.2, 0.25) is 0 Å². The molecule has 1 aromatic heterocycles. The molecular weight excluding hydrogens is 314 g/mol. The molecule has 0 bridgehead atoms. The number of hydrogen-bond donors (Lipinski definition) is 1. The molecule has 106 valence electrons. The first kappa shape index (κ1) is 15.1. The van der Waals surface area contributed by atoms with Gasteiger partial charge in [0, 0.05) is 35.4 Å². The van der Waals surface area contributed by atoms with Crippen LogP contribution in [0.2, 0.25) is 0 Å². The van der Waals surface area contributed by atoms with E-state index in [0.29, 0.717) is 5.92 Å². The van der Waals surface area contributed by atoms with Crippen LogP contribution in [0.5, 0.6) is 0 Å². The fraction of sp³-hybridized carbons (Fsp3) is 0.375. The molecule has 3 nitrogen and oxygen atoms in total. The van der Waals surface area contributed by atoms with Gasteiger partial charge in [-0.15, -0.1) is 0 Å². The van der Waals surface area contributed by atoms with Crippen molar-refractivity contribution in [1.29, 1.82) is 0 Å². The van der Waals surface area contributed by atoms with E-state index in [0.717, 1.165) is 35.4 Å². The molecule has 4 heteroatoms. The number of nitrogens with zero attached hydrogens (tertiary/aromatic N) is 2. The average Bonchev–Trinajstić information content (AvgIpc) is 2.43. The van der Waals surface area contributed by atoms with Crippen LogP contribution in [0.15, 0.2) is 41.1 Å². The van der Waals surface area contributed by atoms with E-state index in [1.165, 1.54) is 5.56 Å². The van der Waals surface area contributed by atoms with Crippen LogP contribution < -0.4 is 5.32 Å². The highest BCUT2D eigenvalue weighted by Crippen LogP contribution is 2.17. The standard InChI is InChI=1S/C16H20BrN3/c1-12(2)8-18-9-13-10-19-16(20-11-13)7-14-5-3-4-6-15(14)17/h3-6,10-12,18H,7-9H2,1-2H3. The van der Waals surface area contributed by atoms with Gasteiger partial charge >= 0.3 is 0 Å². The summed E-state index contributed by atoms with van der Waals surface area (Å²) in [4.78, 5) is 8.88. The molecular formula is C16H20BrN3. The zero-order chi connectivity index (χ0) is 14.4. The molecule has 0 aliphatic rings. The summed E-state index contributed by atoms with van der Waals surface area (Å²) in [5.74, 6) is 1.51. The van der Waals surface area contributed by atoms with Crippen LogP contribution in [0.4, 0.5) is 0 Å². The minimum atomic E-state index is 0.658. The van der Waals surface area contributed by atoms with Gasteiger partial charge in [0.05, 0.1) is 0 Å². The highest BCUT2D eigenvalue weighted by molar-refractivity contribution is 9.10. The fourth-order valence-electron chi connectivity index (χ4n) is 1.88. The molecule has 1 N–H and O–H groups in total. The van der Waals surface area contributed by atoms with Crippen LogP contribution in [0.25, 0.3) is 0 Å². The lowest BCUT2D eigenvalue weighted by Crippen LogP contribution is -2.19. The molecule has 0 fully saturated rings. The lowest BCUT2D eigenvalue weighted by molar-refractivity contribution is 0.551. The van der Waals surface area contributed by atoms with Crippen molar-refractivity contribution in [3.8, 4) is 0 Å². The van der Waals surface area contributed by atoms with Crippen molar-refractivity contribution in [3.05, 3.63) is 58.1 Å². The molecule has 0 saturated heterocycles. The van der Waals surface area contributed by atoms with E-state index in [2.05, 4.69) is 51.1 Å². The first-order valence-corrected chi connectivity index (χ1v) is 7.68. The predicted molar refractivity (Wildman–Crippen MR) is 85.5 cm³/mol. The van der Waals surface area contributed by atoms with Crippen molar-refractivity contribution in [2.75, 3.05) is 6.54 Å². The summed E-state index contributed by atoms with van der Waals surface area (Å²) in [5, 5.41) is 3.39. The van der Waals surface area contributed by atoms with Gasteiger partial charge in [-0.05, 0) is 24.1 Å². The van der Waals surface area contributed by atoms with E-state index in [-0.39, 0.29) is 0 Å². The lowest BCUT2D eigenvalue weighted by Gasteiger charge is -2.07. The van der Waals surface area contributed by atoms with Crippen molar-refractivity contribution in [2.24, 2.45) is 5.92 Å². The summed E-state index contributed by atoms with van der Waals surface area (Å²) < 4.78 is 1.10. The summed E-state index contributed by atoms with van der Waals surface area (Å²) >= 11 is 3.55. The fourth-order valence-corrected chi connectivity index (χ4v) is 2.31. The molecule has 0 radical (unpaired) electrons. The third kappa shape index (κ3) is 4.69. The molecule has 0 aliphatic carbocycles. The van der Waals surface area contributed by atoms with Gasteiger partial charge in [-0.2, -0.15) is 0 Å². The van der Waals surface area contributed by atoms with Crippen molar-refractivity contribution in [3.63, 3.8) is 0 Å². The Morgan fingerprint density at radius 1 is 1.15 bits per heavy atom. The first-order chi connectivity index (χ1) is 9.65. The normalized spacial score (nSPS) is 11.0. The summed E-state index contributed by atoms with van der Waals surface area (Å²) in [5.41, 5.74) is 2.33. The van der Waals surface area contributed by atoms with Gasteiger partial charge in [-0.3, -0.25) is 0 Å². The summed E-state index contributed by atoms with van der Waals surface area (Å²) in [7, 11) is 0. The SMILES string of the molecule is CC(C)CNCc1cnc(Cc2ccccc2Br)nc1. The van der Waals surface area contributed by atoms with Crippen LogP contribution in [0.3, 0.4) is 0 Å². The Bertz CT molecular complexity index is 538. The average molecular weight is 334 g/mol. The number of hydrogen-bond acceptors (Lipinski definition) is 3. The van der Waals surface area contributed by atoms with E-state index in [9.17, 15) is 0 Å². The molecule has 2 aromatic rings. The second kappa shape index (κ2) is 7.50. The Balaban J connectivity index is 1.93. The van der Waals surface area contributed by atoms with Gasteiger partial charge < -0.3 is 5.32 Å². The van der Waals surface area contributed by atoms with Gasteiger partial charge in [-0.1, -0.05) is 48.0 Å². The molecule has 1 heterocycles. The summed E-state index contributed by atoms with van der Waals surface area (Å²) in [6.45, 7) is 6.24. The first-order valence-electron chi connectivity index (χ1n) is 6.89. The number of benzene rings is 1. The second-order valence-corrected chi connectivity index (χ2v) is 6.15. The van der Waals surface area contributed by atoms with Crippen LogP contribution in [0.1, 0.15) is 30.8 Å². The Kier molecular flexibility index (Phi) is 5.68. The van der Waals surface area contributed by atoms with Crippen molar-refractivity contribution < 1.29 is 0 Å². The van der Waals surface area contributed by atoms with Gasteiger partial charge in [0.1, 0.15) is 5.82 Å². The van der Waals surface area contributed by atoms with E-state index in [4.69, 9.17) is 0 Å². The number of rotatable bonds is 6. The Labute approximate surface area is 129 Å². The zero-order valence-electron chi connectivity index (χ0n) is 11.9. The third-order valence-electron chi connectivity index (χ3n) is 2.95. The van der Waals surface area contributed by atoms with Gasteiger partial charge in [0.25, 0.3) is 0 Å². The van der Waals surface area contributed by atoms with Crippen LogP contribution in [-0.2, 0) is 13.0 Å².